The van der Waals surface area contributed by atoms with Crippen LogP contribution < -0.4 is 4.74 Å². The van der Waals surface area contributed by atoms with Crippen LogP contribution in [-0.4, -0.2) is 23.2 Å². The van der Waals surface area contributed by atoms with Crippen molar-refractivity contribution in [2.45, 2.75) is 20.3 Å². The fourth-order valence-corrected chi connectivity index (χ4v) is 2.82. The van der Waals surface area contributed by atoms with E-state index in [0.29, 0.717) is 5.69 Å². The first-order valence-corrected chi connectivity index (χ1v) is 6.71. The topological polar surface area (TPSA) is 59.4 Å². The van der Waals surface area contributed by atoms with Crippen LogP contribution in [0.5, 0.6) is 5.75 Å². The van der Waals surface area contributed by atoms with E-state index < -0.39 is 5.97 Å². The highest BCUT2D eigenvalue weighted by Gasteiger charge is 2.12. The third kappa shape index (κ3) is 2.76. The third-order valence-electron chi connectivity index (χ3n) is 3.07. The largest absolute Gasteiger partial charge is 0.496 e. The minimum absolute atomic E-state index is 0.0370. The monoisotopic (exact) mass is 277 g/mol. The number of methoxy groups -OCH3 is 1. The number of hydrogen-bond donors (Lipinski definition) is 1. The van der Waals surface area contributed by atoms with E-state index in [0.717, 1.165) is 27.4 Å². The Morgan fingerprint density at radius 1 is 1.37 bits per heavy atom. The van der Waals surface area contributed by atoms with Gasteiger partial charge in [-0.15, -0.1) is 11.3 Å². The molecule has 1 N–H and O–H groups in total. The maximum Gasteiger partial charge on any atom is 0.309 e. The Morgan fingerprint density at radius 2 is 2.11 bits per heavy atom. The van der Waals surface area contributed by atoms with Gasteiger partial charge in [0.15, 0.2) is 0 Å². The number of carbonyl (C=O) groups is 1. The molecule has 5 heteroatoms. The molecule has 0 aliphatic rings. The first kappa shape index (κ1) is 13.5. The van der Waals surface area contributed by atoms with E-state index in [9.17, 15) is 4.79 Å². The second-order valence-corrected chi connectivity index (χ2v) is 5.14. The Hall–Kier alpha value is -1.88. The zero-order chi connectivity index (χ0) is 14.0. The zero-order valence-corrected chi connectivity index (χ0v) is 11.9. The Labute approximate surface area is 115 Å². The number of nitrogens with zero attached hydrogens (tertiary/aromatic N) is 1. The smallest absolute Gasteiger partial charge is 0.309 e. The molecule has 100 valence electrons. The fourth-order valence-electron chi connectivity index (χ4n) is 1.92. The molecule has 2 aromatic rings. The standard InChI is InChI=1S/C14H15NO3S/c1-8-9(2)12(18-3)5-4-11(8)14-15-10(7-19-14)6-13(16)17/h4-5,7H,6H2,1-3H3,(H,16,17). The molecule has 0 saturated carbocycles. The Bertz CT molecular complexity index is 619. The molecule has 0 atom stereocenters. The van der Waals surface area contributed by atoms with Crippen LogP contribution in [0.3, 0.4) is 0 Å². The maximum absolute atomic E-state index is 10.7. The molecule has 4 nitrogen and oxygen atoms in total. The predicted octanol–water partition coefficient (Wildman–Crippen LogP) is 3.06. The molecule has 19 heavy (non-hydrogen) atoms. The first-order valence-electron chi connectivity index (χ1n) is 5.83. The van der Waals surface area contributed by atoms with Crippen molar-refractivity contribution in [2.75, 3.05) is 7.11 Å². The molecular formula is C14H15NO3S. The van der Waals surface area contributed by atoms with Crippen LogP contribution in [0.2, 0.25) is 0 Å². The van der Waals surface area contributed by atoms with Crippen LogP contribution in [0, 0.1) is 13.8 Å². The number of hydrogen-bond acceptors (Lipinski definition) is 4. The van der Waals surface area contributed by atoms with Crippen molar-refractivity contribution in [3.05, 3.63) is 34.3 Å². The fraction of sp³-hybridized carbons (Fsp3) is 0.286. The summed E-state index contributed by atoms with van der Waals surface area (Å²) in [4.78, 5) is 15.0. The lowest BCUT2D eigenvalue weighted by Gasteiger charge is -2.10. The van der Waals surface area contributed by atoms with Crippen LogP contribution in [-0.2, 0) is 11.2 Å². The highest BCUT2D eigenvalue weighted by molar-refractivity contribution is 7.13. The number of rotatable bonds is 4. The Morgan fingerprint density at radius 3 is 2.74 bits per heavy atom. The summed E-state index contributed by atoms with van der Waals surface area (Å²) in [6.07, 6.45) is -0.0370. The van der Waals surface area contributed by atoms with Gasteiger partial charge in [-0.05, 0) is 37.1 Å². The van der Waals surface area contributed by atoms with Gasteiger partial charge < -0.3 is 9.84 Å². The van der Waals surface area contributed by atoms with Crippen molar-refractivity contribution in [3.8, 4) is 16.3 Å². The van der Waals surface area contributed by atoms with Gasteiger partial charge in [-0.25, -0.2) is 4.98 Å². The lowest BCUT2D eigenvalue weighted by Crippen LogP contribution is -2.00. The summed E-state index contributed by atoms with van der Waals surface area (Å²) >= 11 is 1.47. The molecule has 0 aliphatic heterocycles. The zero-order valence-electron chi connectivity index (χ0n) is 11.1. The average molecular weight is 277 g/mol. The van der Waals surface area contributed by atoms with Gasteiger partial charge in [0.25, 0.3) is 0 Å². The Balaban J connectivity index is 2.39. The Kier molecular flexibility index (Phi) is 3.85. The quantitative estimate of drug-likeness (QED) is 0.933. The highest BCUT2D eigenvalue weighted by atomic mass is 32.1. The minimum atomic E-state index is -0.862. The highest BCUT2D eigenvalue weighted by Crippen LogP contribution is 2.32. The van der Waals surface area contributed by atoms with Crippen molar-refractivity contribution in [1.29, 1.82) is 0 Å². The van der Waals surface area contributed by atoms with Crippen LogP contribution in [0.4, 0.5) is 0 Å². The predicted molar refractivity (Wildman–Crippen MR) is 74.9 cm³/mol. The van der Waals surface area contributed by atoms with Gasteiger partial charge in [0.05, 0.1) is 19.2 Å². The van der Waals surface area contributed by atoms with E-state index in [2.05, 4.69) is 4.98 Å². The normalized spacial score (nSPS) is 10.5. The lowest BCUT2D eigenvalue weighted by atomic mass is 10.0. The molecule has 0 unspecified atom stereocenters. The van der Waals surface area contributed by atoms with Crippen LogP contribution in [0.15, 0.2) is 17.5 Å². The van der Waals surface area contributed by atoms with E-state index in [1.165, 1.54) is 11.3 Å². The molecule has 0 radical (unpaired) electrons. The second-order valence-electron chi connectivity index (χ2n) is 4.28. The van der Waals surface area contributed by atoms with E-state index in [4.69, 9.17) is 9.84 Å². The molecule has 0 saturated heterocycles. The minimum Gasteiger partial charge on any atom is -0.496 e. The van der Waals surface area contributed by atoms with Crippen molar-refractivity contribution in [1.82, 2.24) is 4.98 Å². The summed E-state index contributed by atoms with van der Waals surface area (Å²) in [6.45, 7) is 4.02. The molecule has 1 heterocycles. The van der Waals surface area contributed by atoms with Gasteiger partial charge in [0.2, 0.25) is 0 Å². The molecular weight excluding hydrogens is 262 g/mol. The average Bonchev–Trinajstić information content (AvgIpc) is 2.80. The number of aliphatic carboxylic acids is 1. The van der Waals surface area contributed by atoms with Gasteiger partial charge in [0, 0.05) is 10.9 Å². The summed E-state index contributed by atoms with van der Waals surface area (Å²) in [5.41, 5.74) is 3.81. The van der Waals surface area contributed by atoms with Crippen LogP contribution in [0.25, 0.3) is 10.6 Å². The maximum atomic E-state index is 10.7. The first-order chi connectivity index (χ1) is 9.02. The van der Waals surface area contributed by atoms with Gasteiger partial charge in [-0.3, -0.25) is 4.79 Å². The SMILES string of the molecule is COc1ccc(-c2nc(CC(=O)O)cs2)c(C)c1C. The number of carboxylic acids is 1. The van der Waals surface area contributed by atoms with Crippen molar-refractivity contribution in [2.24, 2.45) is 0 Å². The van der Waals surface area contributed by atoms with Crippen molar-refractivity contribution >= 4 is 17.3 Å². The molecule has 2 rings (SSSR count). The van der Waals surface area contributed by atoms with E-state index >= 15 is 0 Å². The number of carboxylic acid groups (broad SMARTS) is 1. The molecule has 1 aromatic heterocycles. The molecule has 0 spiro atoms. The van der Waals surface area contributed by atoms with Crippen LogP contribution in [0.1, 0.15) is 16.8 Å². The summed E-state index contributed by atoms with van der Waals surface area (Å²) in [6, 6.07) is 3.88. The third-order valence-corrected chi connectivity index (χ3v) is 4.00. The van der Waals surface area contributed by atoms with Crippen LogP contribution >= 0.6 is 11.3 Å². The van der Waals surface area contributed by atoms with Crippen molar-refractivity contribution in [3.63, 3.8) is 0 Å². The summed E-state index contributed by atoms with van der Waals surface area (Å²) in [7, 11) is 1.65. The molecule has 0 bridgehead atoms. The van der Waals surface area contributed by atoms with Gasteiger partial charge in [-0.2, -0.15) is 0 Å². The molecule has 1 aromatic carbocycles. The second kappa shape index (κ2) is 5.40. The number of thiazole rings is 1. The van der Waals surface area contributed by atoms with E-state index in [-0.39, 0.29) is 6.42 Å². The van der Waals surface area contributed by atoms with Crippen molar-refractivity contribution < 1.29 is 14.6 Å². The van der Waals surface area contributed by atoms with Gasteiger partial charge in [-0.1, -0.05) is 0 Å². The number of benzene rings is 1. The number of ether oxygens (including phenoxy) is 1. The van der Waals surface area contributed by atoms with Gasteiger partial charge >= 0.3 is 5.97 Å². The summed E-state index contributed by atoms with van der Waals surface area (Å²) in [5.74, 6) is -0.0111. The van der Waals surface area contributed by atoms with E-state index in [1.54, 1.807) is 12.5 Å². The van der Waals surface area contributed by atoms with Gasteiger partial charge in [0.1, 0.15) is 10.8 Å². The molecule has 0 aliphatic carbocycles. The van der Waals surface area contributed by atoms with E-state index in [1.807, 2.05) is 26.0 Å². The summed E-state index contributed by atoms with van der Waals surface area (Å²) in [5, 5.41) is 11.4. The molecule has 0 fully saturated rings. The molecule has 0 amide bonds. The lowest BCUT2D eigenvalue weighted by molar-refractivity contribution is -0.136. The summed E-state index contributed by atoms with van der Waals surface area (Å²) < 4.78 is 5.28. The number of aromatic nitrogens is 1.